The van der Waals surface area contributed by atoms with Crippen molar-refractivity contribution < 1.29 is 4.79 Å². The lowest BCUT2D eigenvalue weighted by Crippen LogP contribution is -2.45. The van der Waals surface area contributed by atoms with Gasteiger partial charge in [0.2, 0.25) is 0 Å². The number of aromatic nitrogens is 1. The van der Waals surface area contributed by atoms with Gasteiger partial charge in [0.05, 0.1) is 11.3 Å². The van der Waals surface area contributed by atoms with E-state index in [0.29, 0.717) is 10.6 Å². The zero-order chi connectivity index (χ0) is 24.5. The highest BCUT2D eigenvalue weighted by molar-refractivity contribution is 6.30. The molecule has 2 heterocycles. The van der Waals surface area contributed by atoms with Gasteiger partial charge in [-0.2, -0.15) is 0 Å². The minimum atomic E-state index is -0.0564. The molecular weight excluding hydrogens is 456 g/mol. The van der Waals surface area contributed by atoms with Crippen LogP contribution in [0, 0.1) is 13.8 Å². The second-order valence-corrected chi connectivity index (χ2v) is 10.4. The molecule has 0 spiro atoms. The molecule has 1 N–H and O–H groups in total. The van der Waals surface area contributed by atoms with Crippen LogP contribution >= 0.6 is 11.6 Å². The van der Waals surface area contributed by atoms with E-state index in [4.69, 9.17) is 11.6 Å². The van der Waals surface area contributed by atoms with Gasteiger partial charge in [-0.15, -0.1) is 0 Å². The average molecular weight is 489 g/mol. The van der Waals surface area contributed by atoms with Crippen molar-refractivity contribution in [2.45, 2.75) is 39.2 Å². The molecule has 1 atom stereocenters. The van der Waals surface area contributed by atoms with Gasteiger partial charge >= 0.3 is 0 Å². The summed E-state index contributed by atoms with van der Waals surface area (Å²) in [6.07, 6.45) is 4.51. The molecule has 0 unspecified atom stereocenters. The second kappa shape index (κ2) is 10.00. The lowest BCUT2D eigenvalue weighted by atomic mass is 9.84. The van der Waals surface area contributed by atoms with Crippen LogP contribution in [0.1, 0.15) is 39.0 Å². The number of carbonyl (C=O) groups is 1. The summed E-state index contributed by atoms with van der Waals surface area (Å²) in [7, 11) is 2.19. The Kier molecular flexibility index (Phi) is 6.81. The van der Waals surface area contributed by atoms with Crippen molar-refractivity contribution in [2.24, 2.45) is 0 Å². The first-order valence-corrected chi connectivity index (χ1v) is 12.8. The van der Waals surface area contributed by atoms with Crippen LogP contribution in [0.15, 0.2) is 48.7 Å². The monoisotopic (exact) mass is 488 g/mol. The number of hydrogen-bond donors (Lipinski definition) is 1. The molecule has 1 saturated heterocycles. The standard InChI is InChI=1S/C29H33ClN4O/c1-19-4-11-28(34-14-12-33(3)13-15-34)26-17-23(7-9-24(19)26)32-29(35)21-5-10-27(31-18-21)25-8-6-22(30)16-20(25)2/h4-6,8,10-11,16,18,23H,7,9,12-15,17H2,1-3H3,(H,32,35)/t23-/m1/s1. The molecule has 1 aliphatic carbocycles. The molecule has 1 amide bonds. The van der Waals surface area contributed by atoms with E-state index >= 15 is 0 Å². The predicted molar refractivity (Wildman–Crippen MR) is 144 cm³/mol. The number of carbonyl (C=O) groups excluding carboxylic acids is 1. The molecule has 1 aliphatic heterocycles. The number of anilines is 1. The molecule has 6 heteroatoms. The second-order valence-electron chi connectivity index (χ2n) is 9.95. The number of aryl methyl sites for hydroxylation is 2. The fraction of sp³-hybridized carbons (Fsp3) is 0.379. The van der Waals surface area contributed by atoms with Crippen molar-refractivity contribution in [3.8, 4) is 11.3 Å². The van der Waals surface area contributed by atoms with Crippen LogP contribution in [-0.4, -0.2) is 55.1 Å². The van der Waals surface area contributed by atoms with E-state index in [1.54, 1.807) is 6.20 Å². The summed E-state index contributed by atoms with van der Waals surface area (Å²) in [4.78, 5) is 22.6. The summed E-state index contributed by atoms with van der Waals surface area (Å²) in [6.45, 7) is 8.49. The molecule has 0 bridgehead atoms. The smallest absolute Gasteiger partial charge is 0.253 e. The number of halogens is 1. The Hall–Kier alpha value is -2.89. The SMILES string of the molecule is Cc1cc(Cl)ccc1-c1ccc(C(=O)N[C@@H]2CCc3c(C)ccc(N4CCN(C)CC4)c3C2)cn1. The molecule has 5 rings (SSSR count). The maximum Gasteiger partial charge on any atom is 0.253 e. The number of pyridine rings is 1. The van der Waals surface area contributed by atoms with Gasteiger partial charge in [-0.25, -0.2) is 0 Å². The van der Waals surface area contributed by atoms with E-state index in [2.05, 4.69) is 46.2 Å². The zero-order valence-corrected chi connectivity index (χ0v) is 21.5. The van der Waals surface area contributed by atoms with Crippen molar-refractivity contribution in [1.82, 2.24) is 15.2 Å². The number of hydrogen-bond acceptors (Lipinski definition) is 4. The Bertz CT molecular complexity index is 1230. The van der Waals surface area contributed by atoms with Crippen LogP contribution < -0.4 is 10.2 Å². The topological polar surface area (TPSA) is 48.5 Å². The zero-order valence-electron chi connectivity index (χ0n) is 20.8. The van der Waals surface area contributed by atoms with Crippen molar-refractivity contribution in [1.29, 1.82) is 0 Å². The van der Waals surface area contributed by atoms with Crippen LogP contribution in [0.2, 0.25) is 5.02 Å². The molecule has 3 aromatic rings. The molecule has 2 aliphatic rings. The summed E-state index contributed by atoms with van der Waals surface area (Å²) in [6, 6.07) is 14.2. The Morgan fingerprint density at radius 1 is 1.00 bits per heavy atom. The number of likely N-dealkylation sites (N-methyl/N-ethyl adjacent to an activating group) is 1. The molecule has 182 valence electrons. The third kappa shape index (κ3) is 5.07. The third-order valence-corrected chi connectivity index (χ3v) is 7.74. The van der Waals surface area contributed by atoms with Gasteiger partial charge in [-0.1, -0.05) is 23.7 Å². The predicted octanol–water partition coefficient (Wildman–Crippen LogP) is 5.06. The molecule has 35 heavy (non-hydrogen) atoms. The number of amides is 1. The lowest BCUT2D eigenvalue weighted by molar-refractivity contribution is 0.0933. The van der Waals surface area contributed by atoms with E-state index in [1.165, 1.54) is 22.4 Å². The van der Waals surface area contributed by atoms with E-state index < -0.39 is 0 Å². The van der Waals surface area contributed by atoms with Gasteiger partial charge in [0.15, 0.2) is 0 Å². The van der Waals surface area contributed by atoms with Crippen molar-refractivity contribution in [3.63, 3.8) is 0 Å². The minimum absolute atomic E-state index is 0.0564. The molecule has 5 nitrogen and oxygen atoms in total. The van der Waals surface area contributed by atoms with E-state index in [1.807, 2.05) is 37.3 Å². The quantitative estimate of drug-likeness (QED) is 0.557. The summed E-state index contributed by atoms with van der Waals surface area (Å²) >= 11 is 6.09. The van der Waals surface area contributed by atoms with Gasteiger partial charge in [-0.3, -0.25) is 9.78 Å². The summed E-state index contributed by atoms with van der Waals surface area (Å²) in [5, 5.41) is 4.00. The molecule has 2 aromatic carbocycles. The largest absolute Gasteiger partial charge is 0.369 e. The highest BCUT2D eigenvalue weighted by Gasteiger charge is 2.27. The van der Waals surface area contributed by atoms with Crippen molar-refractivity contribution >= 4 is 23.2 Å². The molecule has 1 aromatic heterocycles. The van der Waals surface area contributed by atoms with Crippen LogP contribution in [-0.2, 0) is 12.8 Å². The number of piperazine rings is 1. The summed E-state index contributed by atoms with van der Waals surface area (Å²) in [5.41, 5.74) is 9.12. The first-order chi connectivity index (χ1) is 16.9. The Balaban J connectivity index is 1.30. The van der Waals surface area contributed by atoms with Gasteiger partial charge in [0, 0.05) is 54.7 Å². The van der Waals surface area contributed by atoms with Gasteiger partial charge in [-0.05, 0) is 92.7 Å². The maximum absolute atomic E-state index is 13.1. The van der Waals surface area contributed by atoms with Crippen LogP contribution in [0.25, 0.3) is 11.3 Å². The highest BCUT2D eigenvalue weighted by Crippen LogP contribution is 2.33. The normalized spacial score (nSPS) is 18.3. The van der Waals surface area contributed by atoms with Gasteiger partial charge in [0.1, 0.15) is 0 Å². The van der Waals surface area contributed by atoms with Crippen molar-refractivity contribution in [3.05, 3.63) is 81.5 Å². The van der Waals surface area contributed by atoms with E-state index in [-0.39, 0.29) is 11.9 Å². The highest BCUT2D eigenvalue weighted by atomic mass is 35.5. The number of benzene rings is 2. The number of rotatable bonds is 4. The fourth-order valence-electron chi connectivity index (χ4n) is 5.38. The lowest BCUT2D eigenvalue weighted by Gasteiger charge is -2.37. The molecule has 0 saturated carbocycles. The minimum Gasteiger partial charge on any atom is -0.369 e. The first kappa shape index (κ1) is 23.8. The van der Waals surface area contributed by atoms with Gasteiger partial charge < -0.3 is 15.1 Å². The average Bonchev–Trinajstić information content (AvgIpc) is 2.85. The Morgan fingerprint density at radius 2 is 1.80 bits per heavy atom. The summed E-state index contributed by atoms with van der Waals surface area (Å²) in [5.74, 6) is -0.0564. The van der Waals surface area contributed by atoms with Crippen molar-refractivity contribution in [2.75, 3.05) is 38.1 Å². The Labute approximate surface area is 213 Å². The third-order valence-electron chi connectivity index (χ3n) is 7.50. The summed E-state index contributed by atoms with van der Waals surface area (Å²) < 4.78 is 0. The van der Waals surface area contributed by atoms with Crippen LogP contribution in [0.3, 0.4) is 0 Å². The van der Waals surface area contributed by atoms with Gasteiger partial charge in [0.25, 0.3) is 5.91 Å². The van der Waals surface area contributed by atoms with Crippen LogP contribution in [0.5, 0.6) is 0 Å². The molecule has 1 fully saturated rings. The first-order valence-electron chi connectivity index (χ1n) is 12.5. The number of fused-ring (bicyclic) bond motifs is 1. The number of nitrogens with one attached hydrogen (secondary N) is 1. The maximum atomic E-state index is 13.1. The van der Waals surface area contributed by atoms with E-state index in [0.717, 1.165) is 62.3 Å². The fourth-order valence-corrected chi connectivity index (χ4v) is 5.60. The van der Waals surface area contributed by atoms with E-state index in [9.17, 15) is 4.79 Å². The van der Waals surface area contributed by atoms with Crippen LogP contribution in [0.4, 0.5) is 5.69 Å². The Morgan fingerprint density at radius 3 is 2.51 bits per heavy atom. The molecular formula is C29H33ClN4O. The number of nitrogens with zero attached hydrogens (tertiary/aromatic N) is 3. The molecule has 0 radical (unpaired) electrons.